The van der Waals surface area contributed by atoms with Crippen LogP contribution in [0.15, 0.2) is 23.2 Å². The van der Waals surface area contributed by atoms with E-state index in [1.807, 2.05) is 0 Å². The van der Waals surface area contributed by atoms with Crippen LogP contribution < -0.4 is 5.32 Å². The van der Waals surface area contributed by atoms with Crippen molar-refractivity contribution in [1.29, 1.82) is 0 Å². The Kier molecular flexibility index (Phi) is 3.73. The van der Waals surface area contributed by atoms with Gasteiger partial charge in [-0.2, -0.15) is 19.9 Å². The summed E-state index contributed by atoms with van der Waals surface area (Å²) in [6, 6.07) is 0. The van der Waals surface area contributed by atoms with Gasteiger partial charge >= 0.3 is 0 Å². The highest BCUT2D eigenvalue weighted by Crippen LogP contribution is 2.09. The number of imidazole rings is 1. The Hall–Kier alpha value is -2.55. The van der Waals surface area contributed by atoms with Crippen LogP contribution in [0, 0.1) is 6.92 Å². The zero-order chi connectivity index (χ0) is 14.7. The minimum atomic E-state index is 0.102. The maximum atomic E-state index is 5.89. The Bertz CT molecular complexity index is 726. The molecule has 0 saturated carbocycles. The van der Waals surface area contributed by atoms with E-state index >= 15 is 0 Å². The molecule has 3 aromatic rings. The quantitative estimate of drug-likeness (QED) is 0.745. The summed E-state index contributed by atoms with van der Waals surface area (Å²) >= 11 is 5.89. The van der Waals surface area contributed by atoms with Gasteiger partial charge < -0.3 is 9.84 Å². The number of anilines is 1. The van der Waals surface area contributed by atoms with Crippen LogP contribution >= 0.6 is 11.6 Å². The Morgan fingerprint density at radius 1 is 1.29 bits per heavy atom. The predicted molar refractivity (Wildman–Crippen MR) is 73.2 cm³/mol. The average molecular weight is 307 g/mol. The van der Waals surface area contributed by atoms with Crippen LogP contribution in [0.3, 0.4) is 0 Å². The molecule has 10 heteroatoms. The molecule has 9 nitrogen and oxygen atoms in total. The molecular weight excluding hydrogens is 296 g/mol. The Morgan fingerprint density at radius 2 is 2.19 bits per heavy atom. The van der Waals surface area contributed by atoms with Crippen molar-refractivity contribution in [2.24, 2.45) is 0 Å². The molecule has 0 aliphatic carbocycles. The molecule has 0 aromatic carbocycles. The summed E-state index contributed by atoms with van der Waals surface area (Å²) in [5.41, 5.74) is 0. The first-order valence-electron chi connectivity index (χ1n) is 6.13. The van der Waals surface area contributed by atoms with Crippen LogP contribution in [-0.4, -0.2) is 41.2 Å². The summed E-state index contributed by atoms with van der Waals surface area (Å²) in [4.78, 5) is 20.3. The highest BCUT2D eigenvalue weighted by Gasteiger charge is 2.07. The summed E-state index contributed by atoms with van der Waals surface area (Å²) in [5.74, 6) is 1.92. The van der Waals surface area contributed by atoms with Crippen LogP contribution in [0.1, 0.15) is 11.7 Å². The van der Waals surface area contributed by atoms with Gasteiger partial charge in [-0.15, -0.1) is 0 Å². The van der Waals surface area contributed by atoms with Crippen molar-refractivity contribution in [3.63, 3.8) is 0 Å². The van der Waals surface area contributed by atoms with Gasteiger partial charge in [-0.25, -0.2) is 4.98 Å². The molecule has 0 saturated heterocycles. The van der Waals surface area contributed by atoms with E-state index in [1.54, 1.807) is 30.2 Å². The van der Waals surface area contributed by atoms with E-state index in [0.29, 0.717) is 36.6 Å². The van der Waals surface area contributed by atoms with Crippen LogP contribution in [0.25, 0.3) is 5.95 Å². The van der Waals surface area contributed by atoms with Crippen LogP contribution in [-0.2, 0) is 6.42 Å². The topological polar surface area (TPSA) is 107 Å². The Morgan fingerprint density at radius 3 is 2.90 bits per heavy atom. The first-order chi connectivity index (χ1) is 10.2. The third-order valence-electron chi connectivity index (χ3n) is 2.52. The largest absolute Gasteiger partial charge is 0.354 e. The normalized spacial score (nSPS) is 10.8. The van der Waals surface area contributed by atoms with Crippen molar-refractivity contribution in [3.8, 4) is 5.95 Å². The SMILES string of the molecule is Cc1noc(CCNc2nc(Cl)nc(-n3ccnc3)n2)n1. The van der Waals surface area contributed by atoms with Gasteiger partial charge in [0.25, 0.3) is 0 Å². The molecule has 0 atom stereocenters. The molecule has 0 bridgehead atoms. The van der Waals surface area contributed by atoms with Gasteiger partial charge in [0.2, 0.25) is 23.1 Å². The Labute approximate surface area is 124 Å². The number of nitrogens with one attached hydrogen (secondary N) is 1. The highest BCUT2D eigenvalue weighted by atomic mass is 35.5. The molecule has 0 aliphatic rings. The van der Waals surface area contributed by atoms with Crippen molar-refractivity contribution < 1.29 is 4.52 Å². The number of rotatable bonds is 5. The molecule has 3 rings (SSSR count). The lowest BCUT2D eigenvalue weighted by atomic mass is 10.4. The fourth-order valence-electron chi connectivity index (χ4n) is 1.63. The van der Waals surface area contributed by atoms with Gasteiger partial charge in [-0.05, 0) is 18.5 Å². The maximum Gasteiger partial charge on any atom is 0.241 e. The van der Waals surface area contributed by atoms with E-state index in [-0.39, 0.29) is 5.28 Å². The third-order valence-corrected chi connectivity index (χ3v) is 2.69. The molecular formula is C11H11ClN8O. The van der Waals surface area contributed by atoms with Crippen LogP contribution in [0.4, 0.5) is 5.95 Å². The number of nitrogens with zero attached hydrogens (tertiary/aromatic N) is 7. The van der Waals surface area contributed by atoms with E-state index in [0.717, 1.165) is 0 Å². The number of aryl methyl sites for hydroxylation is 1. The fourth-order valence-corrected chi connectivity index (χ4v) is 1.79. The summed E-state index contributed by atoms with van der Waals surface area (Å²) in [6.45, 7) is 2.30. The van der Waals surface area contributed by atoms with Crippen molar-refractivity contribution in [1.82, 2.24) is 34.6 Å². The molecule has 0 aliphatic heterocycles. The second-order valence-electron chi connectivity index (χ2n) is 4.11. The summed E-state index contributed by atoms with van der Waals surface area (Å²) in [6.07, 6.45) is 5.49. The second-order valence-corrected chi connectivity index (χ2v) is 4.45. The van der Waals surface area contributed by atoms with Gasteiger partial charge in [0, 0.05) is 25.4 Å². The number of halogens is 1. The zero-order valence-corrected chi connectivity index (χ0v) is 11.8. The third kappa shape index (κ3) is 3.31. The van der Waals surface area contributed by atoms with Crippen LogP contribution in [0.2, 0.25) is 5.28 Å². The average Bonchev–Trinajstić information content (AvgIpc) is 3.10. The fraction of sp³-hybridized carbons (Fsp3) is 0.273. The number of aromatic nitrogens is 7. The molecule has 21 heavy (non-hydrogen) atoms. The van der Waals surface area contributed by atoms with E-state index in [2.05, 4.69) is 35.4 Å². The summed E-state index contributed by atoms with van der Waals surface area (Å²) < 4.78 is 6.65. The smallest absolute Gasteiger partial charge is 0.241 e. The first-order valence-corrected chi connectivity index (χ1v) is 6.51. The minimum absolute atomic E-state index is 0.102. The maximum absolute atomic E-state index is 5.89. The minimum Gasteiger partial charge on any atom is -0.354 e. The van der Waals surface area contributed by atoms with Gasteiger partial charge in [-0.1, -0.05) is 5.16 Å². The van der Waals surface area contributed by atoms with E-state index in [9.17, 15) is 0 Å². The standard InChI is InChI=1S/C11H11ClN8O/c1-7-15-8(21-19-7)2-3-14-10-16-9(12)17-11(18-10)20-5-4-13-6-20/h4-6H,2-3H2,1H3,(H,14,16,17,18). The summed E-state index contributed by atoms with van der Waals surface area (Å²) in [5, 5.41) is 6.86. The molecule has 3 aromatic heterocycles. The van der Waals surface area contributed by atoms with E-state index in [4.69, 9.17) is 16.1 Å². The highest BCUT2D eigenvalue weighted by molar-refractivity contribution is 6.28. The van der Waals surface area contributed by atoms with Crippen molar-refractivity contribution >= 4 is 17.5 Å². The zero-order valence-electron chi connectivity index (χ0n) is 11.1. The monoisotopic (exact) mass is 306 g/mol. The van der Waals surface area contributed by atoms with Crippen molar-refractivity contribution in [3.05, 3.63) is 35.7 Å². The lowest BCUT2D eigenvalue weighted by Gasteiger charge is -2.05. The van der Waals surface area contributed by atoms with E-state index in [1.165, 1.54) is 0 Å². The van der Waals surface area contributed by atoms with E-state index < -0.39 is 0 Å². The van der Waals surface area contributed by atoms with Gasteiger partial charge in [0.05, 0.1) is 0 Å². The van der Waals surface area contributed by atoms with Crippen LogP contribution in [0.5, 0.6) is 0 Å². The molecule has 0 spiro atoms. The molecule has 0 amide bonds. The second kappa shape index (κ2) is 5.83. The predicted octanol–water partition coefficient (Wildman–Crippen LogP) is 1.06. The molecule has 0 unspecified atom stereocenters. The molecule has 1 N–H and O–H groups in total. The number of hydrogen-bond donors (Lipinski definition) is 1. The lowest BCUT2D eigenvalue weighted by Crippen LogP contribution is -2.11. The van der Waals surface area contributed by atoms with Gasteiger partial charge in [-0.3, -0.25) is 4.57 Å². The lowest BCUT2D eigenvalue weighted by molar-refractivity contribution is 0.377. The van der Waals surface area contributed by atoms with Crippen molar-refractivity contribution in [2.75, 3.05) is 11.9 Å². The summed E-state index contributed by atoms with van der Waals surface area (Å²) in [7, 11) is 0. The van der Waals surface area contributed by atoms with Gasteiger partial charge in [0.15, 0.2) is 5.82 Å². The molecule has 0 fully saturated rings. The van der Waals surface area contributed by atoms with Gasteiger partial charge in [0.1, 0.15) is 6.33 Å². The number of hydrogen-bond acceptors (Lipinski definition) is 8. The Balaban J connectivity index is 1.68. The molecule has 108 valence electrons. The molecule has 3 heterocycles. The first kappa shape index (κ1) is 13.4. The molecule has 0 radical (unpaired) electrons. The van der Waals surface area contributed by atoms with Crippen molar-refractivity contribution in [2.45, 2.75) is 13.3 Å².